The molecule has 0 radical (unpaired) electrons. The zero-order chi connectivity index (χ0) is 25.7. The third-order valence-corrected chi connectivity index (χ3v) is 7.84. The SMILES string of the molecule is CC(C)(C)NC(=O)[C@@H]1C[C@@H]2CCCC[C@@H]2CN1C[C@@H](O)CN(Cc1ccccc1)c1ccc(Cl)cc1. The molecular formula is C30H42ClN3O2. The molecule has 36 heavy (non-hydrogen) atoms. The molecule has 1 saturated carbocycles. The number of β-amino-alcohol motifs (C(OH)–C–C–N with tert-alkyl or cyclic N) is 1. The molecule has 1 aliphatic heterocycles. The number of halogens is 1. The quantitative estimate of drug-likeness (QED) is 0.491. The van der Waals surface area contributed by atoms with Crippen LogP contribution in [-0.4, -0.2) is 53.2 Å². The summed E-state index contributed by atoms with van der Waals surface area (Å²) in [6.45, 7) is 8.65. The number of aliphatic hydroxyl groups excluding tert-OH is 1. The summed E-state index contributed by atoms with van der Waals surface area (Å²) in [4.78, 5) is 17.8. The van der Waals surface area contributed by atoms with Crippen LogP contribution in [0.25, 0.3) is 0 Å². The van der Waals surface area contributed by atoms with E-state index in [-0.39, 0.29) is 17.5 Å². The molecule has 1 aliphatic carbocycles. The van der Waals surface area contributed by atoms with Crippen LogP contribution in [0.2, 0.25) is 5.02 Å². The van der Waals surface area contributed by atoms with Gasteiger partial charge in [-0.2, -0.15) is 0 Å². The molecule has 4 rings (SSSR count). The van der Waals surface area contributed by atoms with Crippen molar-refractivity contribution in [1.29, 1.82) is 0 Å². The Morgan fingerprint density at radius 3 is 2.42 bits per heavy atom. The number of rotatable bonds is 8. The van der Waals surface area contributed by atoms with Crippen LogP contribution in [0.1, 0.15) is 58.4 Å². The number of fused-ring (bicyclic) bond motifs is 1. The second-order valence-electron chi connectivity index (χ2n) is 11.7. The molecule has 6 heteroatoms. The first-order chi connectivity index (χ1) is 17.2. The highest BCUT2D eigenvalue weighted by Crippen LogP contribution is 2.39. The summed E-state index contributed by atoms with van der Waals surface area (Å²) in [7, 11) is 0. The summed E-state index contributed by atoms with van der Waals surface area (Å²) >= 11 is 6.15. The number of nitrogens with zero attached hydrogens (tertiary/aromatic N) is 2. The van der Waals surface area contributed by atoms with Crippen molar-refractivity contribution in [2.45, 2.75) is 77.1 Å². The molecule has 1 heterocycles. The van der Waals surface area contributed by atoms with Crippen LogP contribution in [0, 0.1) is 11.8 Å². The molecule has 2 N–H and O–H groups in total. The van der Waals surface area contributed by atoms with Crippen molar-refractivity contribution in [1.82, 2.24) is 10.2 Å². The van der Waals surface area contributed by atoms with Gasteiger partial charge < -0.3 is 15.3 Å². The second kappa shape index (κ2) is 12.0. The molecule has 2 aromatic rings. The fourth-order valence-electron chi connectivity index (χ4n) is 5.93. The van der Waals surface area contributed by atoms with Crippen LogP contribution in [0.3, 0.4) is 0 Å². The largest absolute Gasteiger partial charge is 0.390 e. The van der Waals surface area contributed by atoms with E-state index in [4.69, 9.17) is 11.6 Å². The predicted molar refractivity (Wildman–Crippen MR) is 148 cm³/mol. The minimum absolute atomic E-state index is 0.0950. The smallest absolute Gasteiger partial charge is 0.237 e. The zero-order valence-electron chi connectivity index (χ0n) is 22.0. The highest BCUT2D eigenvalue weighted by atomic mass is 35.5. The third-order valence-electron chi connectivity index (χ3n) is 7.59. The lowest BCUT2D eigenvalue weighted by atomic mass is 9.72. The number of nitrogens with one attached hydrogen (secondary N) is 1. The second-order valence-corrected chi connectivity index (χ2v) is 12.2. The fraction of sp³-hybridized carbons (Fsp3) is 0.567. The summed E-state index contributed by atoms with van der Waals surface area (Å²) in [5.74, 6) is 1.34. The highest BCUT2D eigenvalue weighted by Gasteiger charge is 2.41. The number of carbonyl (C=O) groups is 1. The lowest BCUT2D eigenvalue weighted by molar-refractivity contribution is -0.132. The average Bonchev–Trinajstić information content (AvgIpc) is 2.83. The lowest BCUT2D eigenvalue weighted by Crippen LogP contribution is -2.59. The van der Waals surface area contributed by atoms with E-state index in [0.29, 0.717) is 36.5 Å². The molecule has 4 atom stereocenters. The molecule has 0 bridgehead atoms. The first-order valence-electron chi connectivity index (χ1n) is 13.5. The van der Waals surface area contributed by atoms with E-state index in [9.17, 15) is 9.90 Å². The van der Waals surface area contributed by atoms with Crippen molar-refractivity contribution in [3.63, 3.8) is 0 Å². The van der Waals surface area contributed by atoms with E-state index < -0.39 is 6.10 Å². The van der Waals surface area contributed by atoms with Crippen LogP contribution < -0.4 is 10.2 Å². The van der Waals surface area contributed by atoms with Crippen molar-refractivity contribution >= 4 is 23.2 Å². The predicted octanol–water partition coefficient (Wildman–Crippen LogP) is 5.50. The van der Waals surface area contributed by atoms with Crippen molar-refractivity contribution in [3.8, 4) is 0 Å². The van der Waals surface area contributed by atoms with Crippen molar-refractivity contribution in [2.24, 2.45) is 11.8 Å². The normalized spacial score (nSPS) is 23.5. The Hall–Kier alpha value is -2.08. The van der Waals surface area contributed by atoms with Crippen LogP contribution in [0.4, 0.5) is 5.69 Å². The van der Waals surface area contributed by atoms with E-state index in [0.717, 1.165) is 18.7 Å². The van der Waals surface area contributed by atoms with Crippen LogP contribution in [0.5, 0.6) is 0 Å². The van der Waals surface area contributed by atoms with Gasteiger partial charge in [0.1, 0.15) is 0 Å². The summed E-state index contributed by atoms with van der Waals surface area (Å²) in [5.41, 5.74) is 1.94. The van der Waals surface area contributed by atoms with E-state index in [1.54, 1.807) is 0 Å². The number of piperidine rings is 1. The van der Waals surface area contributed by atoms with Gasteiger partial charge in [0.2, 0.25) is 5.91 Å². The molecule has 196 valence electrons. The summed E-state index contributed by atoms with van der Waals surface area (Å²) in [6.07, 6.45) is 5.31. The lowest BCUT2D eigenvalue weighted by Gasteiger charge is -2.46. The van der Waals surface area contributed by atoms with Gasteiger partial charge in [0.05, 0.1) is 12.1 Å². The minimum Gasteiger partial charge on any atom is -0.390 e. The molecular weight excluding hydrogens is 470 g/mol. The van der Waals surface area contributed by atoms with E-state index in [1.165, 1.54) is 31.2 Å². The van der Waals surface area contributed by atoms with E-state index in [2.05, 4.69) is 27.2 Å². The number of amides is 1. The van der Waals surface area contributed by atoms with Gasteiger partial charge in [0, 0.05) is 42.4 Å². The molecule has 2 fully saturated rings. The third kappa shape index (κ3) is 7.47. The maximum absolute atomic E-state index is 13.3. The highest BCUT2D eigenvalue weighted by molar-refractivity contribution is 6.30. The Kier molecular flexibility index (Phi) is 8.97. The fourth-order valence-corrected chi connectivity index (χ4v) is 6.05. The number of hydrogen-bond acceptors (Lipinski definition) is 4. The Morgan fingerprint density at radius 1 is 1.08 bits per heavy atom. The summed E-state index contributed by atoms with van der Waals surface area (Å²) in [5, 5.41) is 15.3. The van der Waals surface area contributed by atoms with Gasteiger partial charge in [-0.25, -0.2) is 0 Å². The zero-order valence-corrected chi connectivity index (χ0v) is 22.8. The van der Waals surface area contributed by atoms with Crippen LogP contribution in [-0.2, 0) is 11.3 Å². The standard InChI is InChI=1S/C30H42ClN3O2/c1-30(2,3)32-29(36)28-17-23-11-7-8-12-24(23)19-34(28)21-27(35)20-33(18-22-9-5-4-6-10-22)26-15-13-25(31)14-16-26/h4-6,9-10,13-16,23-24,27-28,35H,7-8,11-12,17-21H2,1-3H3,(H,32,36)/t23-,24+,27-,28-/m0/s1. The van der Waals surface area contributed by atoms with Crippen molar-refractivity contribution in [3.05, 3.63) is 65.2 Å². The molecule has 5 nitrogen and oxygen atoms in total. The van der Waals surface area contributed by atoms with Crippen LogP contribution >= 0.6 is 11.6 Å². The number of likely N-dealkylation sites (tertiary alicyclic amines) is 1. The minimum atomic E-state index is -0.588. The van der Waals surface area contributed by atoms with Gasteiger partial charge in [0.25, 0.3) is 0 Å². The number of carbonyl (C=O) groups excluding carboxylic acids is 1. The Morgan fingerprint density at radius 2 is 1.75 bits per heavy atom. The maximum Gasteiger partial charge on any atom is 0.237 e. The number of aliphatic hydroxyl groups is 1. The Balaban J connectivity index is 1.49. The van der Waals surface area contributed by atoms with E-state index in [1.807, 2.05) is 63.2 Å². The first-order valence-corrected chi connectivity index (χ1v) is 13.8. The van der Waals surface area contributed by atoms with Crippen molar-refractivity contribution in [2.75, 3.05) is 24.5 Å². The number of benzene rings is 2. The van der Waals surface area contributed by atoms with Gasteiger partial charge in [-0.15, -0.1) is 0 Å². The van der Waals surface area contributed by atoms with Gasteiger partial charge in [-0.05, 0) is 75.3 Å². The average molecular weight is 512 g/mol. The monoisotopic (exact) mass is 511 g/mol. The number of hydrogen-bond donors (Lipinski definition) is 2. The molecule has 1 saturated heterocycles. The summed E-state index contributed by atoms with van der Waals surface area (Å²) in [6, 6.07) is 17.9. The molecule has 2 aliphatic rings. The number of anilines is 1. The van der Waals surface area contributed by atoms with Gasteiger partial charge in [0.15, 0.2) is 0 Å². The van der Waals surface area contributed by atoms with Gasteiger partial charge in [-0.1, -0.05) is 61.2 Å². The first kappa shape index (κ1) is 27.0. The Bertz CT molecular complexity index is 976. The van der Waals surface area contributed by atoms with E-state index >= 15 is 0 Å². The maximum atomic E-state index is 13.3. The molecule has 0 unspecified atom stereocenters. The Labute approximate surface area is 221 Å². The molecule has 0 spiro atoms. The molecule has 0 aromatic heterocycles. The summed E-state index contributed by atoms with van der Waals surface area (Å²) < 4.78 is 0. The van der Waals surface area contributed by atoms with Crippen molar-refractivity contribution < 1.29 is 9.90 Å². The van der Waals surface area contributed by atoms with Gasteiger partial charge in [-0.3, -0.25) is 9.69 Å². The van der Waals surface area contributed by atoms with Gasteiger partial charge >= 0.3 is 0 Å². The molecule has 2 aromatic carbocycles. The van der Waals surface area contributed by atoms with Crippen LogP contribution in [0.15, 0.2) is 54.6 Å². The topological polar surface area (TPSA) is 55.8 Å². The molecule has 1 amide bonds.